The predicted octanol–water partition coefficient (Wildman–Crippen LogP) is 1.77. The lowest BCUT2D eigenvalue weighted by Crippen LogP contribution is -1.93. The largest absolute Gasteiger partial charge is 0.506 e. The third-order valence-corrected chi connectivity index (χ3v) is 1.82. The SMILES string of the molecule is Oc1ccc2c(c1Cl)OCO2. The molecule has 11 heavy (non-hydrogen) atoms. The number of rotatable bonds is 0. The van der Waals surface area contributed by atoms with E-state index >= 15 is 0 Å². The van der Waals surface area contributed by atoms with Crippen molar-refractivity contribution in [3.05, 3.63) is 17.2 Å². The Labute approximate surface area is 68.1 Å². The van der Waals surface area contributed by atoms with E-state index in [9.17, 15) is 0 Å². The van der Waals surface area contributed by atoms with Gasteiger partial charge in [-0.2, -0.15) is 0 Å². The van der Waals surface area contributed by atoms with Gasteiger partial charge in [0, 0.05) is 0 Å². The molecular formula is C7H5ClO3. The van der Waals surface area contributed by atoms with E-state index in [0.29, 0.717) is 11.5 Å². The fraction of sp³-hybridized carbons (Fsp3) is 0.143. The summed E-state index contributed by atoms with van der Waals surface area (Å²) in [6.07, 6.45) is 0. The number of aromatic hydroxyl groups is 1. The molecule has 1 aromatic carbocycles. The van der Waals surface area contributed by atoms with Crippen molar-refractivity contribution in [2.75, 3.05) is 6.79 Å². The molecule has 1 heterocycles. The van der Waals surface area contributed by atoms with Crippen molar-refractivity contribution in [2.24, 2.45) is 0 Å². The van der Waals surface area contributed by atoms with Crippen LogP contribution in [0, 0.1) is 0 Å². The quantitative estimate of drug-likeness (QED) is 0.648. The fourth-order valence-corrected chi connectivity index (χ4v) is 1.14. The van der Waals surface area contributed by atoms with Gasteiger partial charge in [0.1, 0.15) is 10.8 Å². The van der Waals surface area contributed by atoms with Crippen LogP contribution < -0.4 is 9.47 Å². The Morgan fingerprint density at radius 3 is 3.00 bits per heavy atom. The minimum atomic E-state index is 0.0101. The molecule has 1 aromatic rings. The van der Waals surface area contributed by atoms with Crippen molar-refractivity contribution in [1.82, 2.24) is 0 Å². The highest BCUT2D eigenvalue weighted by molar-refractivity contribution is 6.33. The van der Waals surface area contributed by atoms with Gasteiger partial charge in [0.2, 0.25) is 6.79 Å². The Balaban J connectivity index is 2.62. The molecule has 2 rings (SSSR count). The first-order valence-electron chi connectivity index (χ1n) is 3.06. The van der Waals surface area contributed by atoms with Gasteiger partial charge in [0.05, 0.1) is 0 Å². The third kappa shape index (κ3) is 0.886. The molecular weight excluding hydrogens is 168 g/mol. The molecule has 0 aliphatic carbocycles. The summed E-state index contributed by atoms with van der Waals surface area (Å²) >= 11 is 5.68. The molecule has 0 spiro atoms. The van der Waals surface area contributed by atoms with Gasteiger partial charge in [-0.1, -0.05) is 11.6 Å². The van der Waals surface area contributed by atoms with Crippen molar-refractivity contribution in [3.63, 3.8) is 0 Å². The number of hydrogen-bond donors (Lipinski definition) is 1. The van der Waals surface area contributed by atoms with Gasteiger partial charge < -0.3 is 14.6 Å². The molecule has 0 unspecified atom stereocenters. The topological polar surface area (TPSA) is 38.7 Å². The Kier molecular flexibility index (Phi) is 1.32. The van der Waals surface area contributed by atoms with Crippen molar-refractivity contribution >= 4 is 11.6 Å². The number of benzene rings is 1. The molecule has 0 saturated heterocycles. The number of ether oxygens (including phenoxy) is 2. The summed E-state index contributed by atoms with van der Waals surface area (Å²) < 4.78 is 10.0. The van der Waals surface area contributed by atoms with E-state index in [1.807, 2.05) is 0 Å². The van der Waals surface area contributed by atoms with Gasteiger partial charge in [-0.25, -0.2) is 0 Å². The van der Waals surface area contributed by atoms with E-state index in [-0.39, 0.29) is 17.6 Å². The third-order valence-electron chi connectivity index (χ3n) is 1.46. The lowest BCUT2D eigenvalue weighted by Gasteiger charge is -1.99. The number of fused-ring (bicyclic) bond motifs is 1. The first kappa shape index (κ1) is 6.61. The van der Waals surface area contributed by atoms with Crippen LogP contribution in [0.5, 0.6) is 17.2 Å². The second-order valence-corrected chi connectivity index (χ2v) is 2.51. The number of phenols is 1. The summed E-state index contributed by atoms with van der Waals surface area (Å²) in [7, 11) is 0. The zero-order valence-corrected chi connectivity index (χ0v) is 6.26. The lowest BCUT2D eigenvalue weighted by molar-refractivity contribution is 0.174. The van der Waals surface area contributed by atoms with Crippen LogP contribution in [0.2, 0.25) is 5.02 Å². The Hall–Kier alpha value is -1.09. The standard InChI is InChI=1S/C7H5ClO3/c8-6-4(9)1-2-5-7(6)11-3-10-5/h1-2,9H,3H2. The number of phenolic OH excluding ortho intramolecular Hbond substituents is 1. The molecule has 58 valence electrons. The average Bonchev–Trinajstić information content (AvgIpc) is 2.45. The maximum atomic E-state index is 9.12. The van der Waals surface area contributed by atoms with E-state index < -0.39 is 0 Å². The normalized spacial score (nSPS) is 13.5. The molecule has 0 aromatic heterocycles. The first-order valence-corrected chi connectivity index (χ1v) is 3.44. The van der Waals surface area contributed by atoms with Crippen molar-refractivity contribution < 1.29 is 14.6 Å². The Bertz CT molecular complexity index is 298. The van der Waals surface area contributed by atoms with Crippen LogP contribution in [0.1, 0.15) is 0 Å². The predicted molar refractivity (Wildman–Crippen MR) is 39.2 cm³/mol. The van der Waals surface area contributed by atoms with Crippen molar-refractivity contribution in [3.8, 4) is 17.2 Å². The maximum absolute atomic E-state index is 9.12. The number of hydrogen-bond acceptors (Lipinski definition) is 3. The lowest BCUT2D eigenvalue weighted by atomic mass is 10.3. The zero-order valence-electron chi connectivity index (χ0n) is 5.50. The van der Waals surface area contributed by atoms with E-state index in [1.54, 1.807) is 6.07 Å². The van der Waals surface area contributed by atoms with Crippen LogP contribution in [-0.4, -0.2) is 11.9 Å². The second-order valence-electron chi connectivity index (χ2n) is 2.13. The van der Waals surface area contributed by atoms with E-state index in [4.69, 9.17) is 26.2 Å². The fourth-order valence-electron chi connectivity index (χ4n) is 0.928. The van der Waals surface area contributed by atoms with E-state index in [0.717, 1.165) is 0 Å². The van der Waals surface area contributed by atoms with Gasteiger partial charge >= 0.3 is 0 Å². The molecule has 0 amide bonds. The highest BCUT2D eigenvalue weighted by atomic mass is 35.5. The molecule has 4 heteroatoms. The summed E-state index contributed by atoms with van der Waals surface area (Å²) in [5.74, 6) is 1.01. The molecule has 0 fully saturated rings. The van der Waals surface area contributed by atoms with E-state index in [2.05, 4.69) is 0 Å². The monoisotopic (exact) mass is 172 g/mol. The molecule has 3 nitrogen and oxygen atoms in total. The molecule has 1 N–H and O–H groups in total. The van der Waals surface area contributed by atoms with Gasteiger partial charge in [0.15, 0.2) is 11.5 Å². The van der Waals surface area contributed by atoms with Crippen molar-refractivity contribution in [1.29, 1.82) is 0 Å². The molecule has 1 aliphatic rings. The number of halogens is 1. The Morgan fingerprint density at radius 1 is 1.36 bits per heavy atom. The summed E-state index contributed by atoms with van der Waals surface area (Å²) in [5.41, 5.74) is 0. The van der Waals surface area contributed by atoms with Gasteiger partial charge in [-0.05, 0) is 12.1 Å². The molecule has 0 atom stereocenters. The van der Waals surface area contributed by atoms with Gasteiger partial charge in [0.25, 0.3) is 0 Å². The minimum absolute atomic E-state index is 0.0101. The molecule has 0 bridgehead atoms. The van der Waals surface area contributed by atoms with Gasteiger partial charge in [-0.15, -0.1) is 0 Å². The molecule has 0 radical (unpaired) electrons. The second kappa shape index (κ2) is 2.20. The smallest absolute Gasteiger partial charge is 0.231 e. The first-order chi connectivity index (χ1) is 5.29. The maximum Gasteiger partial charge on any atom is 0.231 e. The average molecular weight is 173 g/mol. The minimum Gasteiger partial charge on any atom is -0.506 e. The highest BCUT2D eigenvalue weighted by Gasteiger charge is 2.18. The van der Waals surface area contributed by atoms with Crippen molar-refractivity contribution in [2.45, 2.75) is 0 Å². The van der Waals surface area contributed by atoms with Crippen LogP contribution in [0.4, 0.5) is 0 Å². The Morgan fingerprint density at radius 2 is 2.18 bits per heavy atom. The summed E-state index contributed by atoms with van der Waals surface area (Å²) in [6, 6.07) is 3.08. The van der Waals surface area contributed by atoms with Crippen LogP contribution in [0.25, 0.3) is 0 Å². The summed E-state index contributed by atoms with van der Waals surface area (Å²) in [4.78, 5) is 0. The van der Waals surface area contributed by atoms with Gasteiger partial charge in [-0.3, -0.25) is 0 Å². The zero-order chi connectivity index (χ0) is 7.84. The van der Waals surface area contributed by atoms with Crippen LogP contribution in [0.3, 0.4) is 0 Å². The molecule has 1 aliphatic heterocycles. The van der Waals surface area contributed by atoms with E-state index in [1.165, 1.54) is 6.07 Å². The van der Waals surface area contributed by atoms with Crippen LogP contribution >= 0.6 is 11.6 Å². The summed E-state index contributed by atoms with van der Waals surface area (Å²) in [6.45, 7) is 0.165. The molecule has 0 saturated carbocycles. The summed E-state index contributed by atoms with van der Waals surface area (Å²) in [5, 5.41) is 9.32. The van der Waals surface area contributed by atoms with Crippen LogP contribution in [0.15, 0.2) is 12.1 Å². The van der Waals surface area contributed by atoms with Crippen LogP contribution in [-0.2, 0) is 0 Å². The highest BCUT2D eigenvalue weighted by Crippen LogP contribution is 2.43.